The van der Waals surface area contributed by atoms with Crippen molar-refractivity contribution in [1.82, 2.24) is 0 Å². The van der Waals surface area contributed by atoms with Gasteiger partial charge in [0.25, 0.3) is 5.91 Å². The molecule has 2 N–H and O–H groups in total. The molecule has 0 saturated carbocycles. The maximum Gasteiger partial charge on any atom is 0.308 e. The highest BCUT2D eigenvalue weighted by atomic mass is 32.2. The van der Waals surface area contributed by atoms with E-state index in [4.69, 9.17) is 4.74 Å². The number of nitrogens with one attached hydrogen (secondary N) is 2. The molecule has 150 valence electrons. The van der Waals surface area contributed by atoms with Crippen LogP contribution in [0.2, 0.25) is 0 Å². The van der Waals surface area contributed by atoms with Gasteiger partial charge in [0.15, 0.2) is 11.9 Å². The van der Waals surface area contributed by atoms with E-state index in [1.807, 2.05) is 18.2 Å². The molecule has 0 radical (unpaired) electrons. The van der Waals surface area contributed by atoms with Crippen LogP contribution in [-0.2, 0) is 19.1 Å². The van der Waals surface area contributed by atoms with Crippen LogP contribution in [0.1, 0.15) is 30.6 Å². The second-order valence-electron chi connectivity index (χ2n) is 6.55. The fraction of sp³-hybridized carbons (Fsp3) is 0.238. The zero-order chi connectivity index (χ0) is 21.0. The summed E-state index contributed by atoms with van der Waals surface area (Å²) in [6, 6.07) is 13.8. The number of hydrogen-bond donors (Lipinski definition) is 2. The molecular formula is C21H20N2O5S. The fourth-order valence-corrected chi connectivity index (χ4v) is 3.83. The van der Waals surface area contributed by atoms with Gasteiger partial charge in [-0.05, 0) is 38.1 Å². The lowest BCUT2D eigenvalue weighted by molar-refractivity contribution is -0.153. The monoisotopic (exact) mass is 412 g/mol. The van der Waals surface area contributed by atoms with Gasteiger partial charge in [-0.3, -0.25) is 19.2 Å². The van der Waals surface area contributed by atoms with Gasteiger partial charge in [-0.1, -0.05) is 24.3 Å². The Kier molecular flexibility index (Phi) is 6.33. The first-order chi connectivity index (χ1) is 13.8. The molecular weight excluding hydrogens is 392 g/mol. The first-order valence-electron chi connectivity index (χ1n) is 9.01. The molecule has 2 atom stereocenters. The molecule has 2 amide bonds. The van der Waals surface area contributed by atoms with Crippen molar-refractivity contribution in [3.63, 3.8) is 0 Å². The molecule has 7 nitrogen and oxygen atoms in total. The van der Waals surface area contributed by atoms with Crippen molar-refractivity contribution in [1.29, 1.82) is 0 Å². The van der Waals surface area contributed by atoms with E-state index in [-0.39, 0.29) is 18.1 Å². The topological polar surface area (TPSA) is 102 Å². The number of fused-ring (bicyclic) bond motifs is 1. The lowest BCUT2D eigenvalue weighted by Crippen LogP contribution is -2.34. The quantitative estimate of drug-likeness (QED) is 0.558. The molecule has 2 aromatic rings. The van der Waals surface area contributed by atoms with Crippen molar-refractivity contribution >= 4 is 46.7 Å². The Morgan fingerprint density at radius 2 is 1.93 bits per heavy atom. The van der Waals surface area contributed by atoms with E-state index in [1.165, 1.54) is 25.6 Å². The molecule has 0 aliphatic carbocycles. The van der Waals surface area contributed by atoms with Crippen molar-refractivity contribution in [3.8, 4) is 0 Å². The van der Waals surface area contributed by atoms with Gasteiger partial charge in [0.2, 0.25) is 5.91 Å². The zero-order valence-electron chi connectivity index (χ0n) is 15.9. The number of anilines is 2. The summed E-state index contributed by atoms with van der Waals surface area (Å²) in [5.74, 6) is -1.56. The van der Waals surface area contributed by atoms with Gasteiger partial charge in [0.05, 0.1) is 17.4 Å². The molecule has 1 heterocycles. The highest BCUT2D eigenvalue weighted by Gasteiger charge is 2.30. The number of amides is 2. The van der Waals surface area contributed by atoms with Gasteiger partial charge in [0.1, 0.15) is 0 Å². The number of rotatable bonds is 6. The van der Waals surface area contributed by atoms with E-state index >= 15 is 0 Å². The lowest BCUT2D eigenvalue weighted by atomic mass is 10.1. The Morgan fingerprint density at radius 1 is 1.17 bits per heavy atom. The van der Waals surface area contributed by atoms with Gasteiger partial charge in [0, 0.05) is 16.1 Å². The summed E-state index contributed by atoms with van der Waals surface area (Å²) in [5.41, 5.74) is 1.62. The van der Waals surface area contributed by atoms with E-state index in [0.717, 1.165) is 4.90 Å². The summed E-state index contributed by atoms with van der Waals surface area (Å²) in [7, 11) is 0. The number of carbonyl (C=O) groups excluding carboxylic acids is 4. The van der Waals surface area contributed by atoms with E-state index in [9.17, 15) is 19.2 Å². The Balaban J connectivity index is 1.55. The first kappa shape index (κ1) is 20.6. The minimum Gasteiger partial charge on any atom is -0.452 e. The average molecular weight is 412 g/mol. The molecule has 0 saturated heterocycles. The fourth-order valence-electron chi connectivity index (χ4n) is 2.74. The van der Waals surface area contributed by atoms with Crippen LogP contribution in [0, 0.1) is 0 Å². The van der Waals surface area contributed by atoms with Gasteiger partial charge >= 0.3 is 5.97 Å². The number of esters is 1. The number of benzene rings is 2. The van der Waals surface area contributed by atoms with E-state index in [2.05, 4.69) is 10.6 Å². The smallest absolute Gasteiger partial charge is 0.308 e. The molecule has 0 bridgehead atoms. The van der Waals surface area contributed by atoms with Gasteiger partial charge in [-0.15, -0.1) is 11.8 Å². The van der Waals surface area contributed by atoms with Crippen LogP contribution in [0.4, 0.5) is 11.4 Å². The maximum absolute atomic E-state index is 12.3. The number of ether oxygens (including phenoxy) is 1. The summed E-state index contributed by atoms with van der Waals surface area (Å²) < 4.78 is 5.19. The number of hydrogen-bond acceptors (Lipinski definition) is 6. The Labute approximate surface area is 172 Å². The Morgan fingerprint density at radius 3 is 2.69 bits per heavy atom. The van der Waals surface area contributed by atoms with Crippen LogP contribution in [0.25, 0.3) is 0 Å². The molecule has 0 unspecified atom stereocenters. The SMILES string of the molecule is CC(=O)c1cccc(NC(=O)[C@H](C)OC(=O)C[C@H]2Sc3ccccc3NC2=O)c1. The number of carbonyl (C=O) groups is 4. The van der Waals surface area contributed by atoms with Crippen LogP contribution < -0.4 is 10.6 Å². The number of para-hydroxylation sites is 1. The molecule has 1 aliphatic rings. The molecule has 0 fully saturated rings. The van der Waals surface area contributed by atoms with Crippen LogP contribution in [-0.4, -0.2) is 34.9 Å². The van der Waals surface area contributed by atoms with E-state index in [1.54, 1.807) is 30.3 Å². The van der Waals surface area contributed by atoms with E-state index in [0.29, 0.717) is 16.9 Å². The molecule has 3 rings (SSSR count). The average Bonchev–Trinajstić information content (AvgIpc) is 2.68. The second kappa shape index (κ2) is 8.91. The normalized spacial score (nSPS) is 16.2. The summed E-state index contributed by atoms with van der Waals surface area (Å²) in [6.45, 7) is 2.88. The van der Waals surface area contributed by atoms with Crippen molar-refractivity contribution in [2.45, 2.75) is 36.5 Å². The minimum atomic E-state index is -1.05. The van der Waals surface area contributed by atoms with Crippen LogP contribution in [0.5, 0.6) is 0 Å². The molecule has 0 aromatic heterocycles. The Hall–Kier alpha value is -3.13. The highest BCUT2D eigenvalue weighted by molar-refractivity contribution is 8.01. The number of ketones is 1. The Bertz CT molecular complexity index is 975. The summed E-state index contributed by atoms with van der Waals surface area (Å²) in [5, 5.41) is 4.75. The van der Waals surface area contributed by atoms with Crippen LogP contribution in [0.3, 0.4) is 0 Å². The number of thioether (sulfide) groups is 1. The summed E-state index contributed by atoms with van der Waals surface area (Å²) in [6.07, 6.45) is -1.20. The lowest BCUT2D eigenvalue weighted by Gasteiger charge is -2.23. The minimum absolute atomic E-state index is 0.120. The molecule has 29 heavy (non-hydrogen) atoms. The van der Waals surface area contributed by atoms with Gasteiger partial charge in [-0.25, -0.2) is 0 Å². The second-order valence-corrected chi connectivity index (χ2v) is 7.80. The van der Waals surface area contributed by atoms with Crippen molar-refractivity contribution in [3.05, 3.63) is 54.1 Å². The summed E-state index contributed by atoms with van der Waals surface area (Å²) >= 11 is 1.29. The van der Waals surface area contributed by atoms with Crippen molar-refractivity contribution in [2.24, 2.45) is 0 Å². The van der Waals surface area contributed by atoms with Crippen molar-refractivity contribution < 1.29 is 23.9 Å². The first-order valence-corrected chi connectivity index (χ1v) is 9.89. The largest absolute Gasteiger partial charge is 0.452 e. The third-order valence-corrected chi connectivity index (χ3v) is 5.55. The standard InChI is InChI=1S/C21H20N2O5S/c1-12(24)14-6-5-7-15(10-14)22-20(26)13(2)28-19(25)11-18-21(27)23-16-8-3-4-9-17(16)29-18/h3-10,13,18H,11H2,1-2H3,(H,22,26)(H,23,27)/t13-,18+/m0/s1. The molecule has 8 heteroatoms. The molecule has 1 aliphatic heterocycles. The van der Waals surface area contributed by atoms with Crippen molar-refractivity contribution in [2.75, 3.05) is 10.6 Å². The van der Waals surface area contributed by atoms with E-state index < -0.39 is 23.2 Å². The maximum atomic E-state index is 12.3. The van der Waals surface area contributed by atoms with Gasteiger partial charge in [-0.2, -0.15) is 0 Å². The van der Waals surface area contributed by atoms with Crippen LogP contribution >= 0.6 is 11.8 Å². The van der Waals surface area contributed by atoms with Gasteiger partial charge < -0.3 is 15.4 Å². The molecule has 2 aromatic carbocycles. The zero-order valence-corrected chi connectivity index (χ0v) is 16.7. The third kappa shape index (κ3) is 5.23. The highest BCUT2D eigenvalue weighted by Crippen LogP contribution is 2.36. The third-order valence-electron chi connectivity index (χ3n) is 4.27. The summed E-state index contributed by atoms with van der Waals surface area (Å²) in [4.78, 5) is 49.0. The predicted octanol–water partition coefficient (Wildman–Crippen LogP) is 3.26. The molecule has 0 spiro atoms. The van der Waals surface area contributed by atoms with Crippen LogP contribution in [0.15, 0.2) is 53.4 Å². The number of Topliss-reactive ketones (excluding diaryl/α,β-unsaturated/α-hetero) is 1. The predicted molar refractivity (Wildman–Crippen MR) is 110 cm³/mol.